The van der Waals surface area contributed by atoms with Crippen LogP contribution in [0.3, 0.4) is 0 Å². The number of hydrogen-bond donors (Lipinski definition) is 0. The average Bonchev–Trinajstić information content (AvgIpc) is 3.11. The standard InChI is InChI=1S/C20H17Cl2N3O2/c21-17-7-6-15(10-18(17)22)20(26)24-8-9-25-16(12-24)11-19(23-25)27-13-14-4-2-1-3-5-14/h1-7,10-11H,8-9,12-13H2. The Bertz CT molecular complexity index is 973. The third-order valence-electron chi connectivity index (χ3n) is 4.46. The van der Waals surface area contributed by atoms with Crippen molar-refractivity contribution in [1.82, 2.24) is 14.7 Å². The molecule has 1 aliphatic rings. The predicted molar refractivity (Wildman–Crippen MR) is 104 cm³/mol. The third kappa shape index (κ3) is 3.94. The van der Waals surface area contributed by atoms with Crippen LogP contribution in [0.5, 0.6) is 5.88 Å². The smallest absolute Gasteiger partial charge is 0.254 e. The number of hydrogen-bond acceptors (Lipinski definition) is 3. The topological polar surface area (TPSA) is 47.4 Å². The molecule has 3 aromatic rings. The van der Waals surface area contributed by atoms with Gasteiger partial charge in [-0.15, -0.1) is 5.10 Å². The van der Waals surface area contributed by atoms with E-state index in [1.165, 1.54) is 0 Å². The Balaban J connectivity index is 1.44. The highest BCUT2D eigenvalue weighted by Gasteiger charge is 2.24. The van der Waals surface area contributed by atoms with Crippen molar-refractivity contribution in [3.63, 3.8) is 0 Å². The predicted octanol–water partition coefficient (Wildman–Crippen LogP) is 4.42. The first-order chi connectivity index (χ1) is 13.1. The quantitative estimate of drug-likeness (QED) is 0.649. The molecule has 0 atom stereocenters. The van der Waals surface area contributed by atoms with Gasteiger partial charge in [0.2, 0.25) is 5.88 Å². The average molecular weight is 402 g/mol. The molecule has 0 radical (unpaired) electrons. The molecule has 0 saturated carbocycles. The second kappa shape index (κ2) is 7.62. The lowest BCUT2D eigenvalue weighted by molar-refractivity contribution is 0.0706. The maximum absolute atomic E-state index is 12.8. The summed E-state index contributed by atoms with van der Waals surface area (Å²) in [6, 6.07) is 16.8. The highest BCUT2D eigenvalue weighted by atomic mass is 35.5. The van der Waals surface area contributed by atoms with Gasteiger partial charge in [0.25, 0.3) is 5.91 Å². The number of aromatic nitrogens is 2. The van der Waals surface area contributed by atoms with Crippen LogP contribution in [-0.4, -0.2) is 27.1 Å². The van der Waals surface area contributed by atoms with Crippen LogP contribution in [-0.2, 0) is 19.7 Å². The zero-order valence-corrected chi connectivity index (χ0v) is 16.0. The molecule has 0 unspecified atom stereocenters. The second-order valence-corrected chi connectivity index (χ2v) is 7.14. The van der Waals surface area contributed by atoms with Crippen molar-refractivity contribution >= 4 is 29.1 Å². The van der Waals surface area contributed by atoms with Crippen LogP contribution in [0.4, 0.5) is 0 Å². The van der Waals surface area contributed by atoms with E-state index < -0.39 is 0 Å². The number of benzene rings is 2. The molecule has 0 aliphatic carbocycles. The number of carbonyl (C=O) groups is 1. The molecule has 0 N–H and O–H groups in total. The van der Waals surface area contributed by atoms with E-state index in [1.54, 1.807) is 23.1 Å². The van der Waals surface area contributed by atoms with Crippen molar-refractivity contribution < 1.29 is 9.53 Å². The van der Waals surface area contributed by atoms with E-state index in [4.69, 9.17) is 27.9 Å². The Morgan fingerprint density at radius 2 is 1.85 bits per heavy atom. The fourth-order valence-corrected chi connectivity index (χ4v) is 3.33. The number of carbonyl (C=O) groups excluding carboxylic acids is 1. The van der Waals surface area contributed by atoms with Gasteiger partial charge in [-0.2, -0.15) is 0 Å². The van der Waals surface area contributed by atoms with Gasteiger partial charge in [-0.05, 0) is 23.8 Å². The number of fused-ring (bicyclic) bond motifs is 1. The van der Waals surface area contributed by atoms with E-state index in [0.29, 0.717) is 47.7 Å². The van der Waals surface area contributed by atoms with Gasteiger partial charge in [0.05, 0.1) is 28.8 Å². The fraction of sp³-hybridized carbons (Fsp3) is 0.200. The van der Waals surface area contributed by atoms with E-state index in [0.717, 1.165) is 11.3 Å². The van der Waals surface area contributed by atoms with Gasteiger partial charge in [0, 0.05) is 18.2 Å². The van der Waals surface area contributed by atoms with E-state index in [9.17, 15) is 4.79 Å². The van der Waals surface area contributed by atoms with Crippen molar-refractivity contribution in [3.05, 3.63) is 81.5 Å². The lowest BCUT2D eigenvalue weighted by Crippen LogP contribution is -2.38. The molecule has 7 heteroatoms. The van der Waals surface area contributed by atoms with Crippen LogP contribution in [0.2, 0.25) is 10.0 Å². The van der Waals surface area contributed by atoms with E-state index in [1.807, 2.05) is 41.1 Å². The number of halogens is 2. The maximum Gasteiger partial charge on any atom is 0.254 e. The van der Waals surface area contributed by atoms with Crippen LogP contribution < -0.4 is 4.74 Å². The van der Waals surface area contributed by atoms with E-state index in [2.05, 4.69) is 5.10 Å². The van der Waals surface area contributed by atoms with E-state index in [-0.39, 0.29) is 5.91 Å². The molecule has 0 saturated heterocycles. The van der Waals surface area contributed by atoms with Gasteiger partial charge in [0.15, 0.2) is 0 Å². The first kappa shape index (κ1) is 17.9. The number of ether oxygens (including phenoxy) is 1. The molecule has 1 aliphatic heterocycles. The summed E-state index contributed by atoms with van der Waals surface area (Å²) in [6.45, 7) is 2.13. The van der Waals surface area contributed by atoms with Crippen LogP contribution in [0, 0.1) is 0 Å². The Hall–Kier alpha value is -2.50. The summed E-state index contributed by atoms with van der Waals surface area (Å²) >= 11 is 12.0. The molecule has 0 spiro atoms. The lowest BCUT2D eigenvalue weighted by atomic mass is 10.2. The summed E-state index contributed by atoms with van der Waals surface area (Å²) in [4.78, 5) is 14.5. The molecule has 0 fully saturated rings. The summed E-state index contributed by atoms with van der Waals surface area (Å²) in [5.74, 6) is 0.491. The lowest BCUT2D eigenvalue weighted by Gasteiger charge is -2.27. The van der Waals surface area contributed by atoms with Crippen molar-refractivity contribution in [3.8, 4) is 5.88 Å². The molecule has 2 aromatic carbocycles. The Morgan fingerprint density at radius 1 is 1.04 bits per heavy atom. The van der Waals surface area contributed by atoms with Crippen LogP contribution in [0.25, 0.3) is 0 Å². The van der Waals surface area contributed by atoms with Crippen molar-refractivity contribution in [1.29, 1.82) is 0 Å². The summed E-state index contributed by atoms with van der Waals surface area (Å²) in [5.41, 5.74) is 2.55. The SMILES string of the molecule is O=C(c1ccc(Cl)c(Cl)c1)N1CCn2nc(OCc3ccccc3)cc2C1. The van der Waals surface area contributed by atoms with Crippen molar-refractivity contribution in [2.45, 2.75) is 19.7 Å². The monoisotopic (exact) mass is 401 g/mol. The molecular formula is C20H17Cl2N3O2. The van der Waals surface area contributed by atoms with Gasteiger partial charge in [-0.3, -0.25) is 9.48 Å². The Labute approximate surface area is 167 Å². The molecule has 4 rings (SSSR count). The molecule has 5 nitrogen and oxygen atoms in total. The van der Waals surface area contributed by atoms with Crippen molar-refractivity contribution in [2.75, 3.05) is 6.54 Å². The molecule has 2 heterocycles. The minimum absolute atomic E-state index is 0.0761. The molecule has 27 heavy (non-hydrogen) atoms. The van der Waals surface area contributed by atoms with Gasteiger partial charge in [-0.1, -0.05) is 53.5 Å². The third-order valence-corrected chi connectivity index (χ3v) is 5.20. The highest BCUT2D eigenvalue weighted by Crippen LogP contribution is 2.25. The first-order valence-corrected chi connectivity index (χ1v) is 9.33. The summed E-state index contributed by atoms with van der Waals surface area (Å²) < 4.78 is 7.67. The Morgan fingerprint density at radius 3 is 2.63 bits per heavy atom. The molecule has 1 aromatic heterocycles. The van der Waals surface area contributed by atoms with Gasteiger partial charge in [-0.25, -0.2) is 0 Å². The molecule has 138 valence electrons. The zero-order chi connectivity index (χ0) is 18.8. The molecular weight excluding hydrogens is 385 g/mol. The maximum atomic E-state index is 12.8. The van der Waals surface area contributed by atoms with Gasteiger partial charge in [0.1, 0.15) is 6.61 Å². The first-order valence-electron chi connectivity index (χ1n) is 8.58. The Kier molecular flexibility index (Phi) is 5.05. The van der Waals surface area contributed by atoms with Crippen LogP contribution >= 0.6 is 23.2 Å². The largest absolute Gasteiger partial charge is 0.472 e. The van der Waals surface area contributed by atoms with Gasteiger partial charge < -0.3 is 9.64 Å². The molecule has 0 bridgehead atoms. The van der Waals surface area contributed by atoms with Crippen LogP contribution in [0.1, 0.15) is 21.6 Å². The van der Waals surface area contributed by atoms with Crippen LogP contribution in [0.15, 0.2) is 54.6 Å². The van der Waals surface area contributed by atoms with E-state index >= 15 is 0 Å². The fourth-order valence-electron chi connectivity index (χ4n) is 3.03. The minimum atomic E-state index is -0.0761. The second-order valence-electron chi connectivity index (χ2n) is 6.33. The highest BCUT2D eigenvalue weighted by molar-refractivity contribution is 6.42. The minimum Gasteiger partial charge on any atom is -0.472 e. The van der Waals surface area contributed by atoms with Crippen molar-refractivity contribution in [2.24, 2.45) is 0 Å². The zero-order valence-electron chi connectivity index (χ0n) is 14.4. The summed E-state index contributed by atoms with van der Waals surface area (Å²) in [7, 11) is 0. The van der Waals surface area contributed by atoms with Gasteiger partial charge >= 0.3 is 0 Å². The molecule has 1 amide bonds. The summed E-state index contributed by atoms with van der Waals surface area (Å²) in [6.07, 6.45) is 0. The normalized spacial score (nSPS) is 13.3. The summed E-state index contributed by atoms with van der Waals surface area (Å²) in [5, 5.41) is 5.29. The number of amides is 1. The number of nitrogens with zero attached hydrogens (tertiary/aromatic N) is 3. The number of rotatable bonds is 4.